The summed E-state index contributed by atoms with van der Waals surface area (Å²) in [7, 11) is 3.27. The lowest BCUT2D eigenvalue weighted by molar-refractivity contribution is 0.0393. The molecule has 10 nitrogen and oxygen atoms in total. The molecule has 0 spiro atoms. The fourth-order valence-corrected chi connectivity index (χ4v) is 4.93. The Hall–Kier alpha value is -3.50. The standard InChI is InChI=1S/C35H55N3O7/c1-24(2)26(20-25-16-17-30(43-9)31(21-25)44-19-13-18-42-8)22-28(37-33(41)45-34(3,4)5)29(39)23-36-32(40)38-35(6,7)27-14-11-10-12-15-27/h10-12,14-17,21,24,26,28-29,39H,13,18-20,22-23H2,1-9H3,(H,37,41)(H2,36,38,40)/t26-,28-,29-/m0/s1. The first-order valence-electron chi connectivity index (χ1n) is 15.7. The van der Waals surface area contributed by atoms with Gasteiger partial charge in [0.15, 0.2) is 11.5 Å². The number of hydrogen-bond acceptors (Lipinski definition) is 7. The predicted octanol–water partition coefficient (Wildman–Crippen LogP) is 5.80. The molecule has 0 unspecified atom stereocenters. The summed E-state index contributed by atoms with van der Waals surface area (Å²) in [4.78, 5) is 25.7. The van der Waals surface area contributed by atoms with Crippen LogP contribution in [0.25, 0.3) is 0 Å². The number of carbonyl (C=O) groups is 2. The molecular formula is C35H55N3O7. The number of aliphatic hydroxyl groups excluding tert-OH is 1. The second-order valence-electron chi connectivity index (χ2n) is 13.3. The normalized spacial score (nSPS) is 13.8. The Balaban J connectivity index is 2.18. The van der Waals surface area contributed by atoms with E-state index in [-0.39, 0.29) is 18.4 Å². The smallest absolute Gasteiger partial charge is 0.407 e. The second-order valence-corrected chi connectivity index (χ2v) is 13.3. The van der Waals surface area contributed by atoms with Crippen LogP contribution in [0.4, 0.5) is 9.59 Å². The lowest BCUT2D eigenvalue weighted by Crippen LogP contribution is -2.53. The highest BCUT2D eigenvalue weighted by atomic mass is 16.6. The minimum absolute atomic E-state index is 0.0655. The third kappa shape index (κ3) is 13.6. The molecule has 0 aliphatic rings. The fraction of sp³-hybridized carbons (Fsp3) is 0.600. The summed E-state index contributed by atoms with van der Waals surface area (Å²) in [6.45, 7) is 14.4. The minimum Gasteiger partial charge on any atom is -0.493 e. The second kappa shape index (κ2) is 17.8. The molecule has 2 aromatic carbocycles. The molecule has 0 fully saturated rings. The Kier molecular flexibility index (Phi) is 14.9. The van der Waals surface area contributed by atoms with E-state index >= 15 is 0 Å². The van der Waals surface area contributed by atoms with Crippen molar-refractivity contribution in [2.24, 2.45) is 11.8 Å². The van der Waals surface area contributed by atoms with E-state index < -0.39 is 35.4 Å². The Labute approximate surface area is 269 Å². The first kappa shape index (κ1) is 37.7. The number of nitrogens with one attached hydrogen (secondary N) is 3. The summed E-state index contributed by atoms with van der Waals surface area (Å²) in [5.41, 5.74) is 0.660. The van der Waals surface area contributed by atoms with E-state index in [1.165, 1.54) is 0 Å². The zero-order chi connectivity index (χ0) is 33.6. The van der Waals surface area contributed by atoms with Crippen molar-refractivity contribution in [3.63, 3.8) is 0 Å². The van der Waals surface area contributed by atoms with Crippen LogP contribution in [0.3, 0.4) is 0 Å². The highest BCUT2D eigenvalue weighted by molar-refractivity contribution is 5.75. The predicted molar refractivity (Wildman–Crippen MR) is 177 cm³/mol. The summed E-state index contributed by atoms with van der Waals surface area (Å²) in [6.07, 6.45) is 0.186. The van der Waals surface area contributed by atoms with Crippen LogP contribution >= 0.6 is 0 Å². The van der Waals surface area contributed by atoms with E-state index in [4.69, 9.17) is 18.9 Å². The highest BCUT2D eigenvalue weighted by Gasteiger charge is 2.30. The van der Waals surface area contributed by atoms with Crippen molar-refractivity contribution in [1.82, 2.24) is 16.0 Å². The molecule has 0 bridgehead atoms. The van der Waals surface area contributed by atoms with E-state index in [1.807, 2.05) is 62.4 Å². The zero-order valence-corrected chi connectivity index (χ0v) is 28.6. The molecule has 0 heterocycles. The number of carbonyl (C=O) groups excluding carboxylic acids is 2. The van der Waals surface area contributed by atoms with Crippen molar-refractivity contribution >= 4 is 12.1 Å². The Morgan fingerprint density at radius 3 is 2.22 bits per heavy atom. The average Bonchev–Trinajstić information content (AvgIpc) is 2.96. The monoisotopic (exact) mass is 629 g/mol. The van der Waals surface area contributed by atoms with Gasteiger partial charge in [0.2, 0.25) is 0 Å². The van der Waals surface area contributed by atoms with Crippen LogP contribution in [0.5, 0.6) is 11.5 Å². The number of alkyl carbamates (subject to hydrolysis) is 1. The van der Waals surface area contributed by atoms with E-state index in [9.17, 15) is 14.7 Å². The molecule has 3 amide bonds. The summed E-state index contributed by atoms with van der Waals surface area (Å²) in [5.74, 6) is 1.60. The number of benzene rings is 2. The van der Waals surface area contributed by atoms with Crippen molar-refractivity contribution in [2.45, 2.75) is 91.0 Å². The third-order valence-corrected chi connectivity index (χ3v) is 7.54. The van der Waals surface area contributed by atoms with Crippen LogP contribution in [-0.2, 0) is 21.4 Å². The molecule has 2 rings (SSSR count). The molecule has 0 aliphatic carbocycles. The van der Waals surface area contributed by atoms with Gasteiger partial charge >= 0.3 is 12.1 Å². The van der Waals surface area contributed by atoms with E-state index in [0.717, 1.165) is 17.5 Å². The molecule has 0 aromatic heterocycles. The van der Waals surface area contributed by atoms with Crippen molar-refractivity contribution < 1.29 is 33.6 Å². The number of methoxy groups -OCH3 is 2. The number of urea groups is 1. The number of aliphatic hydroxyl groups is 1. The maximum Gasteiger partial charge on any atom is 0.407 e. The third-order valence-electron chi connectivity index (χ3n) is 7.54. The quantitative estimate of drug-likeness (QED) is 0.163. The summed E-state index contributed by atoms with van der Waals surface area (Å²) >= 11 is 0. The number of rotatable bonds is 17. The number of hydrogen-bond donors (Lipinski definition) is 4. The first-order chi connectivity index (χ1) is 21.1. The van der Waals surface area contributed by atoms with Crippen LogP contribution in [0.1, 0.15) is 72.4 Å². The highest BCUT2D eigenvalue weighted by Crippen LogP contribution is 2.31. The van der Waals surface area contributed by atoms with Gasteiger partial charge in [0, 0.05) is 26.7 Å². The topological polar surface area (TPSA) is 127 Å². The van der Waals surface area contributed by atoms with E-state index in [2.05, 4.69) is 29.8 Å². The molecule has 4 N–H and O–H groups in total. The summed E-state index contributed by atoms with van der Waals surface area (Å²) in [6, 6.07) is 14.4. The van der Waals surface area contributed by atoms with Gasteiger partial charge in [-0.15, -0.1) is 0 Å². The zero-order valence-electron chi connectivity index (χ0n) is 28.6. The molecule has 0 saturated carbocycles. The SMILES string of the molecule is COCCCOc1cc(C[C@@H](C[C@H](NC(=O)OC(C)(C)C)[C@@H](O)CNC(=O)NC(C)(C)c2ccccc2)C(C)C)ccc1OC. The molecule has 10 heteroatoms. The molecule has 45 heavy (non-hydrogen) atoms. The van der Waals surface area contributed by atoms with Gasteiger partial charge in [-0.2, -0.15) is 0 Å². The van der Waals surface area contributed by atoms with Crippen molar-refractivity contribution in [1.29, 1.82) is 0 Å². The summed E-state index contributed by atoms with van der Waals surface area (Å²) < 4.78 is 22.1. The maximum absolute atomic E-state index is 12.9. The van der Waals surface area contributed by atoms with Gasteiger partial charge in [-0.3, -0.25) is 0 Å². The van der Waals surface area contributed by atoms with Gasteiger partial charge in [0.05, 0.1) is 31.4 Å². The largest absolute Gasteiger partial charge is 0.493 e. The number of amides is 3. The molecule has 2 aromatic rings. The Morgan fingerprint density at radius 1 is 0.933 bits per heavy atom. The lowest BCUT2D eigenvalue weighted by Gasteiger charge is -2.32. The molecule has 0 radical (unpaired) electrons. The van der Waals surface area contributed by atoms with Crippen molar-refractivity contribution in [3.05, 3.63) is 59.7 Å². The minimum atomic E-state index is -1.07. The van der Waals surface area contributed by atoms with Gasteiger partial charge in [-0.1, -0.05) is 50.2 Å². The van der Waals surface area contributed by atoms with Crippen LogP contribution < -0.4 is 25.4 Å². The first-order valence-corrected chi connectivity index (χ1v) is 15.7. The van der Waals surface area contributed by atoms with Crippen LogP contribution in [0.15, 0.2) is 48.5 Å². The summed E-state index contributed by atoms with van der Waals surface area (Å²) in [5, 5.41) is 19.9. The average molecular weight is 630 g/mol. The fourth-order valence-electron chi connectivity index (χ4n) is 4.93. The maximum atomic E-state index is 12.9. The van der Waals surface area contributed by atoms with Gasteiger partial charge in [-0.25, -0.2) is 9.59 Å². The van der Waals surface area contributed by atoms with E-state index in [1.54, 1.807) is 35.0 Å². The van der Waals surface area contributed by atoms with Gasteiger partial charge in [0.1, 0.15) is 5.60 Å². The Bertz CT molecular complexity index is 1180. The number of ether oxygens (including phenoxy) is 4. The lowest BCUT2D eigenvalue weighted by atomic mass is 9.83. The molecule has 0 saturated heterocycles. The molecule has 252 valence electrons. The Morgan fingerprint density at radius 2 is 1.62 bits per heavy atom. The molecule has 0 aliphatic heterocycles. The molecule has 3 atom stereocenters. The van der Waals surface area contributed by atoms with Gasteiger partial charge in [-0.05, 0) is 82.6 Å². The van der Waals surface area contributed by atoms with Gasteiger partial charge in [0.25, 0.3) is 0 Å². The van der Waals surface area contributed by atoms with Crippen LogP contribution in [0.2, 0.25) is 0 Å². The van der Waals surface area contributed by atoms with Crippen molar-refractivity contribution in [2.75, 3.05) is 34.0 Å². The van der Waals surface area contributed by atoms with E-state index in [0.29, 0.717) is 37.6 Å². The van der Waals surface area contributed by atoms with Crippen LogP contribution in [0, 0.1) is 11.8 Å². The van der Waals surface area contributed by atoms with Gasteiger partial charge < -0.3 is 40.0 Å². The van der Waals surface area contributed by atoms with Crippen LogP contribution in [-0.4, -0.2) is 69.0 Å². The molecular weight excluding hydrogens is 574 g/mol. The van der Waals surface area contributed by atoms with Crippen molar-refractivity contribution in [3.8, 4) is 11.5 Å².